The van der Waals surface area contributed by atoms with Gasteiger partial charge in [0.05, 0.1) is 0 Å². The van der Waals surface area contributed by atoms with E-state index in [4.69, 9.17) is 9.47 Å². The third-order valence-electron chi connectivity index (χ3n) is 5.77. The number of ether oxygens (including phenoxy) is 2. The van der Waals surface area contributed by atoms with Crippen molar-refractivity contribution in [3.8, 4) is 15.8 Å². The topological polar surface area (TPSA) is 58.9 Å². The Bertz CT molecular complexity index is 1030. The Labute approximate surface area is 188 Å². The summed E-state index contributed by atoms with van der Waals surface area (Å²) in [7, 11) is 1.64. The van der Waals surface area contributed by atoms with E-state index in [2.05, 4.69) is 25.1 Å². The summed E-state index contributed by atoms with van der Waals surface area (Å²) in [6.07, 6.45) is 0.564. The number of hydrogen-bond donors (Lipinski definition) is 2. The first-order valence-electron chi connectivity index (χ1n) is 10.4. The molecule has 3 unspecified atom stereocenters. The molecule has 1 saturated heterocycles. The monoisotopic (exact) mass is 490 g/mol. The number of aliphatic hydroxyl groups excluding tert-OH is 2. The second-order valence-electron chi connectivity index (χ2n) is 8.02. The van der Waals surface area contributed by atoms with Crippen LogP contribution in [0.3, 0.4) is 0 Å². The van der Waals surface area contributed by atoms with Gasteiger partial charge in [-0.1, -0.05) is 0 Å². The van der Waals surface area contributed by atoms with Crippen molar-refractivity contribution >= 4 is 14.5 Å². The molecule has 2 aromatic carbocycles. The van der Waals surface area contributed by atoms with Crippen molar-refractivity contribution in [1.29, 1.82) is 0 Å². The molecule has 2 heterocycles. The van der Waals surface area contributed by atoms with E-state index < -0.39 is 6.10 Å². The maximum absolute atomic E-state index is 13.2. The van der Waals surface area contributed by atoms with Crippen LogP contribution in [0.4, 0.5) is 4.39 Å². The molecule has 31 heavy (non-hydrogen) atoms. The van der Waals surface area contributed by atoms with Gasteiger partial charge in [-0.15, -0.1) is 0 Å². The average molecular weight is 489 g/mol. The van der Waals surface area contributed by atoms with Crippen LogP contribution in [0, 0.1) is 12.7 Å². The van der Waals surface area contributed by atoms with Crippen molar-refractivity contribution in [2.24, 2.45) is 0 Å². The zero-order valence-electron chi connectivity index (χ0n) is 17.7. The fraction of sp³-hybridized carbons (Fsp3) is 0.360. The molecule has 3 aromatic rings. The molecule has 1 aliphatic heterocycles. The van der Waals surface area contributed by atoms with E-state index in [0.29, 0.717) is 12.8 Å². The Balaban J connectivity index is 1.60. The van der Waals surface area contributed by atoms with Gasteiger partial charge in [-0.3, -0.25) is 0 Å². The summed E-state index contributed by atoms with van der Waals surface area (Å²) < 4.78 is 27.5. The van der Waals surface area contributed by atoms with Gasteiger partial charge in [-0.25, -0.2) is 0 Å². The van der Waals surface area contributed by atoms with Gasteiger partial charge in [-0.05, 0) is 0 Å². The van der Waals surface area contributed by atoms with Crippen LogP contribution < -0.4 is 4.74 Å². The Morgan fingerprint density at radius 2 is 1.90 bits per heavy atom. The Morgan fingerprint density at radius 3 is 2.61 bits per heavy atom. The van der Waals surface area contributed by atoms with Crippen molar-refractivity contribution in [1.82, 2.24) is 0 Å². The number of hydrogen-bond acceptors (Lipinski definition) is 4. The van der Waals surface area contributed by atoms with Crippen molar-refractivity contribution in [2.75, 3.05) is 13.7 Å². The number of aliphatic hydroxyl groups is 2. The minimum absolute atomic E-state index is 0.109. The van der Waals surface area contributed by atoms with E-state index in [1.165, 1.54) is 26.6 Å². The van der Waals surface area contributed by atoms with Gasteiger partial charge >= 0.3 is 188 Å². The first-order chi connectivity index (χ1) is 15.0. The SMILES string of the molecule is COc1cc(C)c(Cc2ccc(-c3ccc(F)cc3)[se]2)cc1C1CC(O)CC(CO)O1. The molecule has 4 nitrogen and oxygen atoms in total. The number of halogens is 1. The number of rotatable bonds is 6. The molecule has 0 amide bonds. The predicted octanol–water partition coefficient (Wildman–Crippen LogP) is 4.03. The molecule has 0 aliphatic carbocycles. The van der Waals surface area contributed by atoms with Crippen molar-refractivity contribution in [2.45, 2.75) is 44.5 Å². The normalized spacial score (nSPS) is 21.3. The summed E-state index contributed by atoms with van der Waals surface area (Å²) in [6.45, 7) is 1.97. The van der Waals surface area contributed by atoms with Crippen LogP contribution in [0.2, 0.25) is 0 Å². The summed E-state index contributed by atoms with van der Waals surface area (Å²) in [4.78, 5) is 0. The van der Waals surface area contributed by atoms with Crippen LogP contribution in [-0.2, 0) is 11.2 Å². The summed E-state index contributed by atoms with van der Waals surface area (Å²) in [5.74, 6) is 0.524. The van der Waals surface area contributed by atoms with E-state index in [0.717, 1.165) is 28.9 Å². The van der Waals surface area contributed by atoms with Gasteiger partial charge in [0.25, 0.3) is 0 Å². The van der Waals surface area contributed by atoms with Crippen LogP contribution in [0.15, 0.2) is 48.5 Å². The molecule has 0 spiro atoms. The third kappa shape index (κ3) is 5.11. The summed E-state index contributed by atoms with van der Waals surface area (Å²) in [5.41, 5.74) is 4.32. The standard InChI is InChI=1S/C25H27FO4Se/c1-15-9-23(29-2)22(24-13-19(28)12-20(14-27)30-24)11-17(15)10-21-7-8-25(31-21)16-3-5-18(26)6-4-16/h3-9,11,19-20,24,27-28H,10,12-14H2,1-2H3. The first kappa shape index (κ1) is 22.3. The van der Waals surface area contributed by atoms with Gasteiger partial charge in [0.1, 0.15) is 0 Å². The van der Waals surface area contributed by atoms with Crippen molar-refractivity contribution < 1.29 is 24.1 Å². The van der Waals surface area contributed by atoms with E-state index in [-0.39, 0.29) is 39.1 Å². The zero-order chi connectivity index (χ0) is 22.0. The van der Waals surface area contributed by atoms with Crippen molar-refractivity contribution in [3.63, 3.8) is 0 Å². The Morgan fingerprint density at radius 1 is 1.13 bits per heavy atom. The molecule has 6 heteroatoms. The minimum atomic E-state index is -0.506. The quantitative estimate of drug-likeness (QED) is 0.514. The fourth-order valence-electron chi connectivity index (χ4n) is 4.10. The molecule has 164 valence electrons. The van der Waals surface area contributed by atoms with Gasteiger partial charge in [-0.2, -0.15) is 0 Å². The molecule has 0 bridgehead atoms. The second kappa shape index (κ2) is 9.68. The number of benzene rings is 2. The molecule has 3 atom stereocenters. The summed E-state index contributed by atoms with van der Waals surface area (Å²) in [6, 6.07) is 15.1. The average Bonchev–Trinajstić information content (AvgIpc) is 3.23. The maximum atomic E-state index is 13.2. The van der Waals surface area contributed by atoms with Crippen LogP contribution in [0.25, 0.3) is 10.0 Å². The molecule has 1 aliphatic rings. The third-order valence-corrected chi connectivity index (χ3v) is 8.15. The van der Waals surface area contributed by atoms with E-state index >= 15 is 0 Å². The molecule has 0 radical (unpaired) electrons. The molecule has 4 rings (SSSR count). The summed E-state index contributed by atoms with van der Waals surface area (Å²) >= 11 is 0.184. The molecular formula is C25H27FO4Se. The Kier molecular flexibility index (Phi) is 6.95. The first-order valence-corrected chi connectivity index (χ1v) is 12.1. The van der Waals surface area contributed by atoms with Crippen molar-refractivity contribution in [3.05, 3.63) is 75.5 Å². The molecule has 0 saturated carbocycles. The van der Waals surface area contributed by atoms with Gasteiger partial charge in [0.15, 0.2) is 0 Å². The molecular weight excluding hydrogens is 462 g/mol. The molecule has 1 aromatic heterocycles. The molecule has 2 N–H and O–H groups in total. The van der Waals surface area contributed by atoms with Crippen LogP contribution >= 0.6 is 0 Å². The molecule has 1 fully saturated rings. The number of methoxy groups -OCH3 is 1. The number of aryl methyl sites for hydroxylation is 1. The van der Waals surface area contributed by atoms with Crippen LogP contribution in [-0.4, -0.2) is 50.6 Å². The summed E-state index contributed by atoms with van der Waals surface area (Å²) in [5, 5.41) is 19.8. The fourth-order valence-corrected chi connectivity index (χ4v) is 6.28. The predicted molar refractivity (Wildman–Crippen MR) is 119 cm³/mol. The van der Waals surface area contributed by atoms with Crippen LogP contribution in [0.1, 0.15) is 40.1 Å². The van der Waals surface area contributed by atoms with Gasteiger partial charge in [0.2, 0.25) is 0 Å². The Hall–Kier alpha value is -1.95. The van der Waals surface area contributed by atoms with E-state index in [1.807, 2.05) is 18.2 Å². The van der Waals surface area contributed by atoms with Gasteiger partial charge < -0.3 is 0 Å². The van der Waals surface area contributed by atoms with Crippen LogP contribution in [0.5, 0.6) is 5.75 Å². The van der Waals surface area contributed by atoms with Gasteiger partial charge in [0, 0.05) is 0 Å². The second-order valence-corrected chi connectivity index (χ2v) is 10.5. The van der Waals surface area contributed by atoms with E-state index in [1.54, 1.807) is 7.11 Å². The van der Waals surface area contributed by atoms with E-state index in [9.17, 15) is 14.6 Å². The zero-order valence-corrected chi connectivity index (χ0v) is 19.4.